The highest BCUT2D eigenvalue weighted by atomic mass is 35.5. The monoisotopic (exact) mass is 513 g/mol. The Morgan fingerprint density at radius 2 is 1.61 bits per heavy atom. The van der Waals surface area contributed by atoms with Gasteiger partial charge in [0.2, 0.25) is 17.7 Å². The minimum Gasteiger partial charge on any atom is -0.384 e. The summed E-state index contributed by atoms with van der Waals surface area (Å²) in [5, 5.41) is 17.8. The molecule has 36 heavy (non-hydrogen) atoms. The van der Waals surface area contributed by atoms with Crippen LogP contribution >= 0.6 is 11.6 Å². The van der Waals surface area contributed by atoms with E-state index in [0.717, 1.165) is 5.56 Å². The molecule has 0 aromatic heterocycles. The lowest BCUT2D eigenvalue weighted by Gasteiger charge is -2.51. The van der Waals surface area contributed by atoms with E-state index in [1.807, 2.05) is 45.9 Å². The van der Waals surface area contributed by atoms with Gasteiger partial charge in [-0.1, -0.05) is 81.8 Å². The molecule has 3 N–H and O–H groups in total. The average molecular weight is 514 g/mol. The first-order chi connectivity index (χ1) is 16.9. The number of hydrogen-bond donors (Lipinski definition) is 3. The zero-order valence-corrected chi connectivity index (χ0v) is 22.3. The fourth-order valence-electron chi connectivity index (χ4n) is 4.87. The number of likely N-dealkylation sites (tertiary alicyclic amines) is 1. The highest BCUT2D eigenvalue weighted by Crippen LogP contribution is 2.46. The van der Waals surface area contributed by atoms with Crippen LogP contribution in [0.2, 0.25) is 5.02 Å². The van der Waals surface area contributed by atoms with Gasteiger partial charge in [-0.25, -0.2) is 0 Å². The number of carbonyl (C=O) groups is 3. The fraction of sp³-hybridized carbons (Fsp3) is 0.464. The minimum absolute atomic E-state index is 0.185. The summed E-state index contributed by atoms with van der Waals surface area (Å²) < 4.78 is 0. The third-order valence-corrected chi connectivity index (χ3v) is 7.31. The molecule has 194 valence electrons. The van der Waals surface area contributed by atoms with E-state index in [1.54, 1.807) is 41.3 Å². The third-order valence-electron chi connectivity index (χ3n) is 7.06. The van der Waals surface area contributed by atoms with Gasteiger partial charge in [-0.15, -0.1) is 0 Å². The highest BCUT2D eigenvalue weighted by Gasteiger charge is 2.50. The van der Waals surface area contributed by atoms with Crippen molar-refractivity contribution in [3.8, 4) is 0 Å². The maximum absolute atomic E-state index is 13.7. The molecule has 0 saturated carbocycles. The molecular formula is C28H36ClN3O4. The van der Waals surface area contributed by atoms with E-state index in [4.69, 9.17) is 11.6 Å². The smallest absolute Gasteiger partial charge is 0.247 e. The third kappa shape index (κ3) is 5.90. The number of aliphatic hydroxyl groups is 1. The lowest BCUT2D eigenvalue weighted by molar-refractivity contribution is -0.156. The Morgan fingerprint density at radius 3 is 2.14 bits per heavy atom. The number of nitrogens with zero attached hydrogens (tertiary/aromatic N) is 1. The fourth-order valence-corrected chi connectivity index (χ4v) is 4.99. The summed E-state index contributed by atoms with van der Waals surface area (Å²) in [6.07, 6.45) is 0.352. The van der Waals surface area contributed by atoms with E-state index in [2.05, 4.69) is 10.6 Å². The van der Waals surface area contributed by atoms with Crippen molar-refractivity contribution in [1.82, 2.24) is 15.5 Å². The van der Waals surface area contributed by atoms with Crippen LogP contribution in [0.4, 0.5) is 0 Å². The first-order valence-corrected chi connectivity index (χ1v) is 12.6. The van der Waals surface area contributed by atoms with Gasteiger partial charge in [0.05, 0.1) is 5.60 Å². The van der Waals surface area contributed by atoms with Gasteiger partial charge in [0, 0.05) is 30.5 Å². The van der Waals surface area contributed by atoms with Crippen molar-refractivity contribution in [2.45, 2.75) is 58.7 Å². The first-order valence-electron chi connectivity index (χ1n) is 12.3. The second-order valence-corrected chi connectivity index (χ2v) is 11.0. The molecule has 0 radical (unpaired) electrons. The van der Waals surface area contributed by atoms with Crippen LogP contribution in [0.3, 0.4) is 0 Å². The lowest BCUT2D eigenvalue weighted by atomic mass is 9.66. The average Bonchev–Trinajstić information content (AvgIpc) is 2.82. The van der Waals surface area contributed by atoms with Gasteiger partial charge >= 0.3 is 0 Å². The molecule has 3 amide bonds. The van der Waals surface area contributed by atoms with Crippen LogP contribution in [-0.2, 0) is 20.0 Å². The molecule has 0 aliphatic carbocycles. The van der Waals surface area contributed by atoms with E-state index < -0.39 is 29.0 Å². The van der Waals surface area contributed by atoms with Gasteiger partial charge in [-0.05, 0) is 35.6 Å². The van der Waals surface area contributed by atoms with Crippen LogP contribution in [0.15, 0.2) is 54.6 Å². The Hall–Kier alpha value is -2.90. The number of rotatable bonds is 7. The summed E-state index contributed by atoms with van der Waals surface area (Å²) in [5.74, 6) is -1.18. The Kier molecular flexibility index (Phi) is 8.47. The van der Waals surface area contributed by atoms with Crippen LogP contribution in [0.25, 0.3) is 0 Å². The molecule has 3 rings (SSSR count). The number of benzene rings is 2. The maximum atomic E-state index is 13.7. The maximum Gasteiger partial charge on any atom is 0.247 e. The van der Waals surface area contributed by atoms with Crippen LogP contribution in [0.1, 0.15) is 58.2 Å². The summed E-state index contributed by atoms with van der Waals surface area (Å²) in [7, 11) is 0. The van der Waals surface area contributed by atoms with E-state index in [1.165, 1.54) is 6.92 Å². The SMILES string of the molecule is CC(=O)N[C@@H](C(=O)N[C@@H](C(=O)N1CC[C@](O)(c2ccc(Cl)cc2)C(C)(C)C1)C(C)C)c1ccccc1. The zero-order valence-electron chi connectivity index (χ0n) is 21.5. The first kappa shape index (κ1) is 27.7. The number of nitrogens with one attached hydrogen (secondary N) is 2. The topological polar surface area (TPSA) is 98.7 Å². The zero-order chi connectivity index (χ0) is 26.7. The number of amides is 3. The van der Waals surface area contributed by atoms with Gasteiger partial charge in [-0.3, -0.25) is 14.4 Å². The normalized spacial score (nSPS) is 20.9. The molecule has 1 heterocycles. The Morgan fingerprint density at radius 1 is 1.00 bits per heavy atom. The van der Waals surface area contributed by atoms with Gasteiger partial charge in [0.1, 0.15) is 12.1 Å². The van der Waals surface area contributed by atoms with E-state index in [0.29, 0.717) is 30.1 Å². The standard InChI is InChI=1S/C28H36ClN3O4/c1-18(2)23(31-25(34)24(30-19(3)33)20-9-7-6-8-10-20)26(35)32-16-15-28(36,27(4,5)17-32)21-11-13-22(29)14-12-21/h6-14,18,23-24,36H,15-17H2,1-5H3,(H,30,33)(H,31,34)/t23-,24-,28+/m1/s1. The number of halogens is 1. The van der Waals surface area contributed by atoms with E-state index in [9.17, 15) is 19.5 Å². The summed E-state index contributed by atoms with van der Waals surface area (Å²) in [6.45, 7) is 9.63. The van der Waals surface area contributed by atoms with Gasteiger partial charge in [0.25, 0.3) is 0 Å². The molecular weight excluding hydrogens is 478 g/mol. The molecule has 2 aromatic carbocycles. The largest absolute Gasteiger partial charge is 0.384 e. The molecule has 1 saturated heterocycles. The number of hydrogen-bond acceptors (Lipinski definition) is 4. The number of carbonyl (C=O) groups excluding carboxylic acids is 3. The Balaban J connectivity index is 1.79. The van der Waals surface area contributed by atoms with Crippen molar-refractivity contribution < 1.29 is 19.5 Å². The van der Waals surface area contributed by atoms with Crippen molar-refractivity contribution >= 4 is 29.3 Å². The van der Waals surface area contributed by atoms with Crippen LogP contribution in [0.5, 0.6) is 0 Å². The summed E-state index contributed by atoms with van der Waals surface area (Å²) in [6, 6.07) is 14.4. The second-order valence-electron chi connectivity index (χ2n) is 10.5. The van der Waals surface area contributed by atoms with Crippen molar-refractivity contribution in [1.29, 1.82) is 0 Å². The quantitative estimate of drug-likeness (QED) is 0.524. The lowest BCUT2D eigenvalue weighted by Crippen LogP contribution is -2.61. The number of piperidine rings is 1. The highest BCUT2D eigenvalue weighted by molar-refractivity contribution is 6.30. The molecule has 0 spiro atoms. The van der Waals surface area contributed by atoms with E-state index in [-0.39, 0.29) is 17.7 Å². The minimum atomic E-state index is -1.13. The Labute approximate surface area is 218 Å². The van der Waals surface area contributed by atoms with Crippen molar-refractivity contribution in [2.24, 2.45) is 11.3 Å². The molecule has 1 fully saturated rings. The summed E-state index contributed by atoms with van der Waals surface area (Å²) >= 11 is 6.03. The molecule has 0 unspecified atom stereocenters. The Bertz CT molecular complexity index is 1090. The summed E-state index contributed by atoms with van der Waals surface area (Å²) in [4.78, 5) is 40.5. The molecule has 2 aromatic rings. The molecule has 0 bridgehead atoms. The van der Waals surface area contributed by atoms with Crippen LogP contribution < -0.4 is 10.6 Å². The van der Waals surface area contributed by atoms with E-state index >= 15 is 0 Å². The van der Waals surface area contributed by atoms with Crippen molar-refractivity contribution in [2.75, 3.05) is 13.1 Å². The van der Waals surface area contributed by atoms with Crippen LogP contribution in [-0.4, -0.2) is 46.9 Å². The van der Waals surface area contributed by atoms with Crippen molar-refractivity contribution in [3.63, 3.8) is 0 Å². The van der Waals surface area contributed by atoms with Crippen molar-refractivity contribution in [3.05, 3.63) is 70.7 Å². The molecule has 8 heteroatoms. The summed E-state index contributed by atoms with van der Waals surface area (Å²) in [5.41, 5.74) is -0.386. The predicted octanol–water partition coefficient (Wildman–Crippen LogP) is 3.80. The molecule has 7 nitrogen and oxygen atoms in total. The van der Waals surface area contributed by atoms with Gasteiger partial charge in [-0.2, -0.15) is 0 Å². The second kappa shape index (κ2) is 11.0. The molecule has 1 aliphatic heterocycles. The predicted molar refractivity (Wildman–Crippen MR) is 140 cm³/mol. The van der Waals surface area contributed by atoms with Gasteiger partial charge < -0.3 is 20.6 Å². The molecule has 3 atom stereocenters. The molecule has 1 aliphatic rings. The van der Waals surface area contributed by atoms with Gasteiger partial charge in [0.15, 0.2) is 0 Å². The van der Waals surface area contributed by atoms with Crippen LogP contribution in [0, 0.1) is 11.3 Å².